The summed E-state index contributed by atoms with van der Waals surface area (Å²) in [6, 6.07) is 5.83. The molecule has 2 N–H and O–H groups in total. The van der Waals surface area contributed by atoms with E-state index in [1.165, 1.54) is 18.2 Å². The van der Waals surface area contributed by atoms with Crippen molar-refractivity contribution in [3.05, 3.63) is 35.6 Å². The van der Waals surface area contributed by atoms with Crippen molar-refractivity contribution in [2.75, 3.05) is 13.1 Å². The fraction of sp³-hybridized carbons (Fsp3) is 0.467. The summed E-state index contributed by atoms with van der Waals surface area (Å²) in [5.41, 5.74) is 0.0228. The van der Waals surface area contributed by atoms with Crippen LogP contribution in [0.4, 0.5) is 4.39 Å². The monoisotopic (exact) mass is 278 g/mol. The van der Waals surface area contributed by atoms with Gasteiger partial charge in [0.1, 0.15) is 5.82 Å². The highest BCUT2D eigenvalue weighted by Crippen LogP contribution is 2.24. The molecule has 1 aliphatic rings. The summed E-state index contributed by atoms with van der Waals surface area (Å²) < 4.78 is 13.4. The first-order valence-corrected chi connectivity index (χ1v) is 6.99. The lowest BCUT2D eigenvalue weighted by molar-refractivity contribution is -0.124. The number of hydrogen-bond donors (Lipinski definition) is 2. The first-order chi connectivity index (χ1) is 9.68. The van der Waals surface area contributed by atoms with Crippen LogP contribution >= 0.6 is 0 Å². The average Bonchev–Trinajstić information content (AvgIpc) is 2.98. The molecule has 0 unspecified atom stereocenters. The summed E-state index contributed by atoms with van der Waals surface area (Å²) >= 11 is 0. The molecule has 1 aliphatic carbocycles. The van der Waals surface area contributed by atoms with Crippen molar-refractivity contribution < 1.29 is 14.0 Å². The van der Waals surface area contributed by atoms with Gasteiger partial charge in [-0.25, -0.2) is 4.39 Å². The molecular formula is C15H19FN2O2. The summed E-state index contributed by atoms with van der Waals surface area (Å²) in [6.45, 7) is 0.668. The molecule has 4 nitrogen and oxygen atoms in total. The van der Waals surface area contributed by atoms with Gasteiger partial charge in [-0.2, -0.15) is 0 Å². The molecule has 0 radical (unpaired) electrons. The molecule has 20 heavy (non-hydrogen) atoms. The number of hydrogen-bond acceptors (Lipinski definition) is 2. The van der Waals surface area contributed by atoms with E-state index in [2.05, 4.69) is 10.6 Å². The summed E-state index contributed by atoms with van der Waals surface area (Å²) in [7, 11) is 0. The Balaban J connectivity index is 1.69. The van der Waals surface area contributed by atoms with Gasteiger partial charge in [0.15, 0.2) is 0 Å². The second-order valence-corrected chi connectivity index (χ2v) is 5.01. The molecule has 1 fully saturated rings. The quantitative estimate of drug-likeness (QED) is 0.808. The summed E-state index contributed by atoms with van der Waals surface area (Å²) in [5.74, 6) is -0.821. The van der Waals surface area contributed by atoms with Crippen LogP contribution < -0.4 is 10.6 Å². The first-order valence-electron chi connectivity index (χ1n) is 6.99. The Hall–Kier alpha value is -1.91. The lowest BCUT2D eigenvalue weighted by atomic mass is 10.1. The second-order valence-electron chi connectivity index (χ2n) is 5.01. The molecule has 0 aromatic heterocycles. The first kappa shape index (κ1) is 14.5. The Morgan fingerprint density at radius 1 is 1.10 bits per heavy atom. The van der Waals surface area contributed by atoms with Gasteiger partial charge in [-0.05, 0) is 25.0 Å². The number of amides is 2. The molecule has 5 heteroatoms. The number of carbonyl (C=O) groups is 2. The molecule has 1 aromatic rings. The summed E-state index contributed by atoms with van der Waals surface area (Å²) in [5, 5.41) is 5.39. The van der Waals surface area contributed by atoms with Crippen molar-refractivity contribution in [3.8, 4) is 0 Å². The van der Waals surface area contributed by atoms with Crippen LogP contribution in [-0.4, -0.2) is 24.9 Å². The third-order valence-electron chi connectivity index (χ3n) is 3.55. The van der Waals surface area contributed by atoms with Gasteiger partial charge in [-0.15, -0.1) is 0 Å². The van der Waals surface area contributed by atoms with Crippen LogP contribution in [0.2, 0.25) is 0 Å². The predicted octanol–water partition coefficient (Wildman–Crippen LogP) is 1.86. The summed E-state index contributed by atoms with van der Waals surface area (Å²) in [4.78, 5) is 23.4. The van der Waals surface area contributed by atoms with Crippen molar-refractivity contribution in [3.63, 3.8) is 0 Å². The van der Waals surface area contributed by atoms with E-state index in [0.717, 1.165) is 25.7 Å². The van der Waals surface area contributed by atoms with E-state index < -0.39 is 11.7 Å². The van der Waals surface area contributed by atoms with Crippen LogP contribution in [0.1, 0.15) is 36.0 Å². The third kappa shape index (κ3) is 3.79. The van der Waals surface area contributed by atoms with Crippen molar-refractivity contribution in [2.24, 2.45) is 5.92 Å². The Labute approximate surface area is 117 Å². The van der Waals surface area contributed by atoms with Crippen molar-refractivity contribution >= 4 is 11.8 Å². The zero-order valence-corrected chi connectivity index (χ0v) is 11.3. The molecule has 0 spiro atoms. The molecule has 0 aliphatic heterocycles. The Bertz CT molecular complexity index is 485. The Morgan fingerprint density at radius 2 is 1.75 bits per heavy atom. The fourth-order valence-electron chi connectivity index (χ4n) is 2.43. The standard InChI is InChI=1S/C15H19FN2O2/c16-13-8-4-3-7-12(13)15(20)18-10-9-17-14(19)11-5-1-2-6-11/h3-4,7-8,11H,1-2,5-6,9-10H2,(H,17,19)(H,18,20). The average molecular weight is 278 g/mol. The number of nitrogens with one attached hydrogen (secondary N) is 2. The van der Waals surface area contributed by atoms with E-state index >= 15 is 0 Å². The van der Waals surface area contributed by atoms with E-state index in [4.69, 9.17) is 0 Å². The van der Waals surface area contributed by atoms with E-state index in [1.54, 1.807) is 6.07 Å². The van der Waals surface area contributed by atoms with Crippen molar-refractivity contribution in [2.45, 2.75) is 25.7 Å². The van der Waals surface area contributed by atoms with Gasteiger partial charge in [0.25, 0.3) is 5.91 Å². The normalized spacial score (nSPS) is 15.1. The van der Waals surface area contributed by atoms with Crippen LogP contribution in [0.25, 0.3) is 0 Å². The zero-order valence-electron chi connectivity index (χ0n) is 11.3. The van der Waals surface area contributed by atoms with Gasteiger partial charge in [-0.3, -0.25) is 9.59 Å². The molecule has 2 rings (SSSR count). The van der Waals surface area contributed by atoms with Crippen LogP contribution in [0.5, 0.6) is 0 Å². The van der Waals surface area contributed by atoms with Crippen LogP contribution in [0.3, 0.4) is 0 Å². The van der Waals surface area contributed by atoms with Crippen LogP contribution in [0.15, 0.2) is 24.3 Å². The lowest BCUT2D eigenvalue weighted by Gasteiger charge is -2.11. The molecule has 1 aromatic carbocycles. The highest BCUT2D eigenvalue weighted by atomic mass is 19.1. The Kier molecular flexibility index (Phi) is 5.09. The Morgan fingerprint density at radius 3 is 2.45 bits per heavy atom. The third-order valence-corrected chi connectivity index (χ3v) is 3.55. The van der Waals surface area contributed by atoms with E-state index in [-0.39, 0.29) is 17.4 Å². The molecular weight excluding hydrogens is 259 g/mol. The number of benzene rings is 1. The van der Waals surface area contributed by atoms with Crippen LogP contribution in [-0.2, 0) is 4.79 Å². The van der Waals surface area contributed by atoms with Crippen LogP contribution in [0, 0.1) is 11.7 Å². The molecule has 1 saturated carbocycles. The van der Waals surface area contributed by atoms with Gasteiger partial charge in [-0.1, -0.05) is 25.0 Å². The van der Waals surface area contributed by atoms with Gasteiger partial charge in [0.2, 0.25) is 5.91 Å². The fourth-order valence-corrected chi connectivity index (χ4v) is 2.43. The molecule has 0 heterocycles. The predicted molar refractivity (Wildman–Crippen MR) is 73.7 cm³/mol. The maximum Gasteiger partial charge on any atom is 0.254 e. The maximum absolute atomic E-state index is 13.4. The van der Waals surface area contributed by atoms with Gasteiger partial charge in [0, 0.05) is 19.0 Å². The maximum atomic E-state index is 13.4. The van der Waals surface area contributed by atoms with Gasteiger partial charge < -0.3 is 10.6 Å². The number of rotatable bonds is 5. The molecule has 108 valence electrons. The highest BCUT2D eigenvalue weighted by Gasteiger charge is 2.21. The minimum atomic E-state index is -0.542. The van der Waals surface area contributed by atoms with E-state index in [9.17, 15) is 14.0 Å². The topological polar surface area (TPSA) is 58.2 Å². The largest absolute Gasteiger partial charge is 0.354 e. The zero-order chi connectivity index (χ0) is 14.4. The van der Waals surface area contributed by atoms with Crippen molar-refractivity contribution in [1.82, 2.24) is 10.6 Å². The lowest BCUT2D eigenvalue weighted by Crippen LogP contribution is -2.37. The van der Waals surface area contributed by atoms with Gasteiger partial charge >= 0.3 is 0 Å². The minimum Gasteiger partial charge on any atom is -0.354 e. The molecule has 0 bridgehead atoms. The van der Waals surface area contributed by atoms with Crippen molar-refractivity contribution in [1.29, 1.82) is 0 Å². The highest BCUT2D eigenvalue weighted by molar-refractivity contribution is 5.94. The number of halogens is 1. The summed E-state index contributed by atoms with van der Waals surface area (Å²) in [6.07, 6.45) is 4.13. The smallest absolute Gasteiger partial charge is 0.254 e. The molecule has 0 saturated heterocycles. The molecule has 2 amide bonds. The SMILES string of the molecule is O=C(NCCNC(=O)C1CCCC1)c1ccccc1F. The minimum absolute atomic E-state index is 0.0228. The van der Waals surface area contributed by atoms with Gasteiger partial charge in [0.05, 0.1) is 5.56 Å². The number of carbonyl (C=O) groups excluding carboxylic acids is 2. The molecule has 0 atom stereocenters. The second kappa shape index (κ2) is 7.03. The van der Waals surface area contributed by atoms with E-state index in [1.807, 2.05) is 0 Å². The van der Waals surface area contributed by atoms with E-state index in [0.29, 0.717) is 13.1 Å².